The summed E-state index contributed by atoms with van der Waals surface area (Å²) in [6, 6.07) is 6.54. The third-order valence-corrected chi connectivity index (χ3v) is 3.02. The van der Waals surface area contributed by atoms with Crippen LogP contribution in [0.1, 0.15) is 39.2 Å². The maximum Gasteiger partial charge on any atom is 0.151 e. The Bertz CT molecular complexity index is 352. The molecule has 0 aliphatic heterocycles. The van der Waals surface area contributed by atoms with E-state index in [1.165, 1.54) is 6.07 Å². The summed E-state index contributed by atoms with van der Waals surface area (Å²) in [6.45, 7) is 6.35. The molecule has 0 bridgehead atoms. The lowest BCUT2D eigenvalue weighted by atomic mass is 9.85. The molecule has 0 amide bonds. The first-order chi connectivity index (χ1) is 8.10. The molecule has 1 atom stereocenters. The predicted octanol–water partition coefficient (Wildman–Crippen LogP) is 3.37. The SMILES string of the molecule is CCOC(N)([C](CC)CC)c1ccccc1F. The minimum absolute atomic E-state index is 0.317. The molecule has 3 heteroatoms. The minimum Gasteiger partial charge on any atom is -0.356 e. The van der Waals surface area contributed by atoms with E-state index in [1.807, 2.05) is 20.8 Å². The number of hydrogen-bond donors (Lipinski definition) is 1. The summed E-state index contributed by atoms with van der Waals surface area (Å²) in [5, 5.41) is 0. The maximum absolute atomic E-state index is 13.9. The van der Waals surface area contributed by atoms with Crippen LogP contribution in [0.3, 0.4) is 0 Å². The average Bonchev–Trinajstić information content (AvgIpc) is 2.31. The van der Waals surface area contributed by atoms with Crippen LogP contribution in [-0.4, -0.2) is 6.61 Å². The van der Waals surface area contributed by atoms with E-state index in [9.17, 15) is 4.39 Å². The van der Waals surface area contributed by atoms with Gasteiger partial charge >= 0.3 is 0 Å². The zero-order valence-corrected chi connectivity index (χ0v) is 10.8. The van der Waals surface area contributed by atoms with E-state index in [1.54, 1.807) is 18.2 Å². The molecule has 1 rings (SSSR count). The van der Waals surface area contributed by atoms with Crippen LogP contribution in [0.25, 0.3) is 0 Å². The molecule has 0 saturated heterocycles. The highest BCUT2D eigenvalue weighted by Crippen LogP contribution is 2.35. The standard InChI is InChI=1S/C14H21FNO/c1-4-11(5-2)14(16,17-6-3)12-9-7-8-10-13(12)15/h7-10H,4-6,16H2,1-3H3. The Kier molecular flexibility index (Phi) is 5.09. The second-order valence-corrected chi connectivity index (χ2v) is 3.96. The quantitative estimate of drug-likeness (QED) is 0.771. The van der Waals surface area contributed by atoms with Crippen molar-refractivity contribution in [2.45, 2.75) is 39.3 Å². The normalized spacial score (nSPS) is 14.9. The van der Waals surface area contributed by atoms with Crippen LogP contribution >= 0.6 is 0 Å². The second kappa shape index (κ2) is 6.12. The van der Waals surface area contributed by atoms with Crippen LogP contribution < -0.4 is 5.73 Å². The predicted molar refractivity (Wildman–Crippen MR) is 67.7 cm³/mol. The largest absolute Gasteiger partial charge is 0.356 e. The van der Waals surface area contributed by atoms with Gasteiger partial charge in [-0.25, -0.2) is 4.39 Å². The van der Waals surface area contributed by atoms with Gasteiger partial charge in [0.1, 0.15) is 5.82 Å². The van der Waals surface area contributed by atoms with Gasteiger partial charge in [-0.2, -0.15) is 0 Å². The molecule has 95 valence electrons. The Morgan fingerprint density at radius 1 is 1.24 bits per heavy atom. The second-order valence-electron chi connectivity index (χ2n) is 3.96. The molecule has 2 nitrogen and oxygen atoms in total. The highest BCUT2D eigenvalue weighted by Gasteiger charge is 2.37. The van der Waals surface area contributed by atoms with Crippen LogP contribution in [0, 0.1) is 11.7 Å². The van der Waals surface area contributed by atoms with Gasteiger partial charge < -0.3 is 4.74 Å². The van der Waals surface area contributed by atoms with Crippen LogP contribution in [0.4, 0.5) is 4.39 Å². The monoisotopic (exact) mass is 238 g/mol. The summed E-state index contributed by atoms with van der Waals surface area (Å²) in [4.78, 5) is 0. The highest BCUT2D eigenvalue weighted by atomic mass is 19.1. The number of halogens is 1. The van der Waals surface area contributed by atoms with Crippen molar-refractivity contribution in [1.82, 2.24) is 0 Å². The number of benzene rings is 1. The van der Waals surface area contributed by atoms with Gasteiger partial charge in [0.15, 0.2) is 5.72 Å². The smallest absolute Gasteiger partial charge is 0.151 e. The fraction of sp³-hybridized carbons (Fsp3) is 0.500. The van der Waals surface area contributed by atoms with Crippen LogP contribution in [-0.2, 0) is 10.5 Å². The third kappa shape index (κ3) is 2.85. The molecule has 0 saturated carbocycles. The van der Waals surface area contributed by atoms with Crippen molar-refractivity contribution in [2.75, 3.05) is 6.61 Å². The first-order valence-corrected chi connectivity index (χ1v) is 6.13. The summed E-state index contributed by atoms with van der Waals surface area (Å²) in [5.74, 6) is 0.687. The zero-order chi connectivity index (χ0) is 12.9. The summed E-state index contributed by atoms with van der Waals surface area (Å²) < 4.78 is 19.5. The fourth-order valence-electron chi connectivity index (χ4n) is 2.14. The number of ether oxygens (including phenoxy) is 1. The molecular weight excluding hydrogens is 217 g/mol. The minimum atomic E-state index is -1.11. The van der Waals surface area contributed by atoms with Gasteiger partial charge in [0, 0.05) is 18.1 Å². The van der Waals surface area contributed by atoms with E-state index in [0.29, 0.717) is 12.2 Å². The molecule has 1 aromatic carbocycles. The Balaban J connectivity index is 3.19. The van der Waals surface area contributed by atoms with Crippen molar-refractivity contribution in [3.05, 3.63) is 41.6 Å². The molecule has 0 aliphatic rings. The Hall–Kier alpha value is -0.930. The molecule has 0 aromatic heterocycles. The van der Waals surface area contributed by atoms with Gasteiger partial charge in [0.05, 0.1) is 0 Å². The van der Waals surface area contributed by atoms with Gasteiger partial charge in [0.25, 0.3) is 0 Å². The average molecular weight is 238 g/mol. The summed E-state index contributed by atoms with van der Waals surface area (Å²) in [7, 11) is 0. The van der Waals surface area contributed by atoms with Gasteiger partial charge in [-0.1, -0.05) is 32.0 Å². The Morgan fingerprint density at radius 2 is 1.82 bits per heavy atom. The highest BCUT2D eigenvalue weighted by molar-refractivity contribution is 5.29. The molecular formula is C14H21FNO. The van der Waals surface area contributed by atoms with Gasteiger partial charge in [-0.15, -0.1) is 0 Å². The molecule has 0 fully saturated rings. The van der Waals surface area contributed by atoms with Gasteiger partial charge in [-0.05, 0) is 25.8 Å². The number of hydrogen-bond acceptors (Lipinski definition) is 2. The van der Waals surface area contributed by atoms with Crippen molar-refractivity contribution < 1.29 is 9.13 Å². The van der Waals surface area contributed by atoms with E-state index < -0.39 is 5.72 Å². The molecule has 0 aliphatic carbocycles. The lowest BCUT2D eigenvalue weighted by Gasteiger charge is -2.36. The molecule has 0 spiro atoms. The number of rotatable bonds is 6. The first kappa shape index (κ1) is 14.1. The molecule has 17 heavy (non-hydrogen) atoms. The third-order valence-electron chi connectivity index (χ3n) is 3.02. The topological polar surface area (TPSA) is 35.2 Å². The first-order valence-electron chi connectivity index (χ1n) is 6.13. The van der Waals surface area contributed by atoms with Gasteiger partial charge in [0.2, 0.25) is 0 Å². The molecule has 1 unspecified atom stereocenters. The van der Waals surface area contributed by atoms with Gasteiger partial charge in [-0.3, -0.25) is 5.73 Å². The Labute approximate surface area is 103 Å². The summed E-state index contributed by atoms with van der Waals surface area (Å²) in [5.41, 5.74) is 5.61. The molecule has 0 heterocycles. The summed E-state index contributed by atoms with van der Waals surface area (Å²) in [6.07, 6.45) is 1.56. The van der Waals surface area contributed by atoms with Crippen LogP contribution in [0.2, 0.25) is 0 Å². The Morgan fingerprint density at radius 3 is 2.29 bits per heavy atom. The van der Waals surface area contributed by atoms with Crippen molar-refractivity contribution in [2.24, 2.45) is 5.73 Å². The fourth-order valence-corrected chi connectivity index (χ4v) is 2.14. The van der Waals surface area contributed by atoms with Crippen molar-refractivity contribution in [3.8, 4) is 0 Å². The molecule has 1 radical (unpaired) electrons. The van der Waals surface area contributed by atoms with E-state index in [4.69, 9.17) is 10.5 Å². The van der Waals surface area contributed by atoms with Crippen LogP contribution in [0.15, 0.2) is 24.3 Å². The summed E-state index contributed by atoms with van der Waals surface area (Å²) >= 11 is 0. The lowest BCUT2D eigenvalue weighted by molar-refractivity contribution is -0.0350. The van der Waals surface area contributed by atoms with E-state index in [-0.39, 0.29) is 5.82 Å². The van der Waals surface area contributed by atoms with E-state index >= 15 is 0 Å². The molecule has 1 aromatic rings. The zero-order valence-electron chi connectivity index (χ0n) is 10.8. The van der Waals surface area contributed by atoms with Crippen molar-refractivity contribution in [1.29, 1.82) is 0 Å². The van der Waals surface area contributed by atoms with E-state index in [0.717, 1.165) is 18.8 Å². The number of nitrogens with two attached hydrogens (primary N) is 1. The van der Waals surface area contributed by atoms with Crippen molar-refractivity contribution in [3.63, 3.8) is 0 Å². The maximum atomic E-state index is 13.9. The molecule has 2 N–H and O–H groups in total. The van der Waals surface area contributed by atoms with Crippen LogP contribution in [0.5, 0.6) is 0 Å². The lowest BCUT2D eigenvalue weighted by Crippen LogP contribution is -2.46. The van der Waals surface area contributed by atoms with E-state index in [2.05, 4.69) is 0 Å². The van der Waals surface area contributed by atoms with Crippen molar-refractivity contribution >= 4 is 0 Å².